The van der Waals surface area contributed by atoms with Gasteiger partial charge in [0.05, 0.1) is 29.1 Å². The Morgan fingerprint density at radius 3 is 2.83 bits per heavy atom. The van der Waals surface area contributed by atoms with Crippen molar-refractivity contribution >= 4 is 28.2 Å². The summed E-state index contributed by atoms with van der Waals surface area (Å²) in [4.78, 5) is 0. The average Bonchev–Trinajstić information content (AvgIpc) is 2.85. The number of benzene rings is 1. The zero-order valence-corrected chi connectivity index (χ0v) is 18.4. The number of hydrogen-bond donors (Lipinski definition) is 1. The van der Waals surface area contributed by atoms with Crippen LogP contribution < -0.4 is 10.6 Å². The fourth-order valence-electron chi connectivity index (χ4n) is 4.10. The minimum Gasteiger partial charge on any atom is -0.493 e. The van der Waals surface area contributed by atoms with Gasteiger partial charge in [-0.1, -0.05) is 12.2 Å². The van der Waals surface area contributed by atoms with Crippen LogP contribution in [0.15, 0.2) is 48.2 Å². The van der Waals surface area contributed by atoms with Gasteiger partial charge < -0.3 is 14.3 Å². The topological polar surface area (TPSA) is 67.2 Å². The van der Waals surface area contributed by atoms with Gasteiger partial charge in [-0.2, -0.15) is 17.0 Å². The van der Waals surface area contributed by atoms with Gasteiger partial charge in [-0.25, -0.2) is 5.84 Å². The number of nitrogens with zero attached hydrogens (tertiary/aromatic N) is 3. The number of allylic oxidation sites excluding steroid dienone is 5. The molecule has 0 amide bonds. The van der Waals surface area contributed by atoms with Crippen molar-refractivity contribution in [1.29, 1.82) is 5.26 Å². The Morgan fingerprint density at radius 2 is 2.17 bits per heavy atom. The summed E-state index contributed by atoms with van der Waals surface area (Å²) in [7, 11) is 1.83. The third-order valence-corrected chi connectivity index (χ3v) is 6.45. The monoisotopic (exact) mass is 420 g/mol. The van der Waals surface area contributed by atoms with E-state index in [4.69, 9.17) is 10.6 Å². The first-order valence-corrected chi connectivity index (χ1v) is 11.8. The molecule has 0 saturated heterocycles. The minimum atomic E-state index is 0.430. The van der Waals surface area contributed by atoms with Crippen molar-refractivity contribution in [3.05, 3.63) is 59.5 Å². The third-order valence-electron chi connectivity index (χ3n) is 5.88. The summed E-state index contributed by atoms with van der Waals surface area (Å²) in [6.45, 7) is 0.685. The fraction of sp³-hybridized carbons (Fsp3) is 0.375. The lowest BCUT2D eigenvalue weighted by atomic mass is 9.92. The van der Waals surface area contributed by atoms with Crippen LogP contribution in [0.2, 0.25) is 0 Å². The summed E-state index contributed by atoms with van der Waals surface area (Å²) in [5.74, 6) is 7.75. The molecule has 1 fully saturated rings. The molecule has 0 atom stereocenters. The molecule has 6 heteroatoms. The van der Waals surface area contributed by atoms with Gasteiger partial charge in [-0.15, -0.1) is 0 Å². The summed E-state index contributed by atoms with van der Waals surface area (Å²) in [6.07, 6.45) is 14.7. The third kappa shape index (κ3) is 3.88. The summed E-state index contributed by atoms with van der Waals surface area (Å²) >= 11 is 1.77. The molecule has 0 spiro atoms. The van der Waals surface area contributed by atoms with E-state index in [1.54, 1.807) is 16.8 Å². The molecule has 0 radical (unpaired) electrons. The van der Waals surface area contributed by atoms with Crippen LogP contribution in [0.1, 0.15) is 43.0 Å². The van der Waals surface area contributed by atoms with E-state index in [0.717, 1.165) is 64.2 Å². The molecule has 1 saturated carbocycles. The Labute approximate surface area is 182 Å². The van der Waals surface area contributed by atoms with Gasteiger partial charge in [-0.05, 0) is 61.8 Å². The number of aromatic nitrogens is 1. The first-order valence-electron chi connectivity index (χ1n) is 10.4. The molecule has 2 aromatic rings. The molecule has 2 aliphatic carbocycles. The SMILES string of the molecule is CSCCOc1ccc2c(C#N)c(C3=CC=C(N(C)N)C=CC3)n(C3CCC3)c2c1. The molecule has 156 valence electrons. The molecule has 2 aliphatic rings. The maximum absolute atomic E-state index is 10.1. The molecule has 4 rings (SSSR count). The predicted octanol–water partition coefficient (Wildman–Crippen LogP) is 5.01. The summed E-state index contributed by atoms with van der Waals surface area (Å²) < 4.78 is 8.35. The van der Waals surface area contributed by atoms with Crippen molar-refractivity contribution in [2.75, 3.05) is 25.7 Å². The highest BCUT2D eigenvalue weighted by atomic mass is 32.2. The fourth-order valence-corrected chi connectivity index (χ4v) is 4.35. The van der Waals surface area contributed by atoms with Gasteiger partial charge in [0.15, 0.2) is 0 Å². The van der Waals surface area contributed by atoms with Crippen LogP contribution in [0.4, 0.5) is 0 Å². The molecule has 1 aromatic heterocycles. The van der Waals surface area contributed by atoms with Crippen molar-refractivity contribution in [2.24, 2.45) is 5.84 Å². The van der Waals surface area contributed by atoms with E-state index in [9.17, 15) is 5.26 Å². The molecule has 30 heavy (non-hydrogen) atoms. The summed E-state index contributed by atoms with van der Waals surface area (Å²) in [5, 5.41) is 12.7. The summed E-state index contributed by atoms with van der Waals surface area (Å²) in [5.41, 5.74) is 4.99. The zero-order chi connectivity index (χ0) is 21.1. The normalized spacial score (nSPS) is 16.5. The summed E-state index contributed by atoms with van der Waals surface area (Å²) in [6, 6.07) is 9.07. The number of rotatable bonds is 7. The maximum Gasteiger partial charge on any atom is 0.121 e. The molecular weight excluding hydrogens is 392 g/mol. The first kappa shape index (κ1) is 20.6. The Balaban J connectivity index is 1.86. The van der Waals surface area contributed by atoms with E-state index in [1.807, 2.05) is 31.3 Å². The number of nitriles is 1. The van der Waals surface area contributed by atoms with Crippen molar-refractivity contribution < 1.29 is 4.74 Å². The zero-order valence-electron chi connectivity index (χ0n) is 17.6. The van der Waals surface area contributed by atoms with Gasteiger partial charge in [0.1, 0.15) is 11.8 Å². The van der Waals surface area contributed by atoms with Crippen molar-refractivity contribution in [2.45, 2.75) is 31.7 Å². The number of likely N-dealkylation sites (N-methyl/N-ethyl adjacent to an activating group) is 1. The maximum atomic E-state index is 10.1. The molecule has 0 unspecified atom stereocenters. The van der Waals surface area contributed by atoms with E-state index < -0.39 is 0 Å². The van der Waals surface area contributed by atoms with Crippen LogP contribution in [0.25, 0.3) is 16.5 Å². The van der Waals surface area contributed by atoms with Crippen LogP contribution in [0, 0.1) is 11.3 Å². The van der Waals surface area contributed by atoms with Crippen molar-refractivity contribution in [3.8, 4) is 11.8 Å². The Morgan fingerprint density at radius 1 is 1.33 bits per heavy atom. The van der Waals surface area contributed by atoms with Crippen molar-refractivity contribution in [1.82, 2.24) is 9.58 Å². The Hall–Kier alpha value is -2.62. The van der Waals surface area contributed by atoms with E-state index in [-0.39, 0.29) is 0 Å². The Kier molecular flexibility index (Phi) is 6.21. The number of nitrogens with two attached hydrogens (primary N) is 1. The van der Waals surface area contributed by atoms with Crippen molar-refractivity contribution in [3.63, 3.8) is 0 Å². The second-order valence-corrected chi connectivity index (χ2v) is 8.80. The lowest BCUT2D eigenvalue weighted by Gasteiger charge is -2.30. The van der Waals surface area contributed by atoms with Gasteiger partial charge in [-0.3, -0.25) is 0 Å². The van der Waals surface area contributed by atoms with E-state index in [2.05, 4.69) is 35.1 Å². The van der Waals surface area contributed by atoms with Crippen LogP contribution in [-0.2, 0) is 0 Å². The highest BCUT2D eigenvalue weighted by Gasteiger charge is 2.28. The van der Waals surface area contributed by atoms with E-state index in [0.29, 0.717) is 12.6 Å². The molecule has 5 nitrogen and oxygen atoms in total. The number of ether oxygens (including phenoxy) is 1. The minimum absolute atomic E-state index is 0.430. The van der Waals surface area contributed by atoms with Crippen LogP contribution >= 0.6 is 11.8 Å². The van der Waals surface area contributed by atoms with Gasteiger partial charge >= 0.3 is 0 Å². The Bertz CT molecular complexity index is 1070. The molecule has 0 aliphatic heterocycles. The lowest BCUT2D eigenvalue weighted by molar-refractivity contribution is 0.319. The number of fused-ring (bicyclic) bond motifs is 1. The molecule has 0 bridgehead atoms. The number of hydrogen-bond acceptors (Lipinski definition) is 5. The van der Waals surface area contributed by atoms with Crippen LogP contribution in [0.5, 0.6) is 5.75 Å². The quantitative estimate of drug-likeness (QED) is 0.387. The standard InChI is InChI=1S/C24H28N4OS/c1-27(26)18-6-3-5-17(9-10-18)24-22(16-25)21-12-11-20(29-13-14-30-2)15-23(21)28(24)19-7-4-8-19/h3,6,9-12,15,19H,4-5,7-8,13-14,26H2,1-2H3. The van der Waals surface area contributed by atoms with Gasteiger partial charge in [0.25, 0.3) is 0 Å². The highest BCUT2D eigenvalue weighted by Crippen LogP contribution is 2.42. The predicted molar refractivity (Wildman–Crippen MR) is 125 cm³/mol. The first-order chi connectivity index (χ1) is 14.6. The lowest BCUT2D eigenvalue weighted by Crippen LogP contribution is -2.23. The number of thioether (sulfide) groups is 1. The molecule has 2 N–H and O–H groups in total. The van der Waals surface area contributed by atoms with E-state index in [1.165, 1.54) is 6.42 Å². The molecular formula is C24H28N4OS. The average molecular weight is 421 g/mol. The molecule has 1 aromatic carbocycles. The largest absolute Gasteiger partial charge is 0.493 e. The number of hydrazine groups is 1. The molecule has 1 heterocycles. The van der Waals surface area contributed by atoms with Gasteiger partial charge in [0.2, 0.25) is 0 Å². The second kappa shape index (κ2) is 9.03. The highest BCUT2D eigenvalue weighted by molar-refractivity contribution is 7.98. The second-order valence-electron chi connectivity index (χ2n) is 7.81. The van der Waals surface area contributed by atoms with Crippen LogP contribution in [0.3, 0.4) is 0 Å². The van der Waals surface area contributed by atoms with E-state index >= 15 is 0 Å². The van der Waals surface area contributed by atoms with Gasteiger partial charge in [0, 0.05) is 30.3 Å². The smallest absolute Gasteiger partial charge is 0.121 e. The van der Waals surface area contributed by atoms with Crippen LogP contribution in [-0.4, -0.2) is 35.2 Å².